The number of likely N-dealkylation sites (tertiary alicyclic amines) is 1. The van der Waals surface area contributed by atoms with Gasteiger partial charge in [0, 0.05) is 48.8 Å². The molecule has 0 bridgehead atoms. The monoisotopic (exact) mass is 427 g/mol. The van der Waals surface area contributed by atoms with Crippen LogP contribution in [0.3, 0.4) is 0 Å². The average Bonchev–Trinajstić information content (AvgIpc) is 3.23. The van der Waals surface area contributed by atoms with Gasteiger partial charge >= 0.3 is 0 Å². The summed E-state index contributed by atoms with van der Waals surface area (Å²) in [5, 5.41) is 4.30. The summed E-state index contributed by atoms with van der Waals surface area (Å²) in [6.07, 6.45) is 9.12. The van der Waals surface area contributed by atoms with Crippen LogP contribution in [0.2, 0.25) is 0 Å². The quantitative estimate of drug-likeness (QED) is 0.525. The molecule has 0 saturated carbocycles. The molecule has 0 unspecified atom stereocenters. The molecule has 1 aliphatic rings. The minimum Gasteiger partial charge on any atom is -0.335 e. The molecule has 0 aliphatic carbocycles. The molecule has 1 aromatic carbocycles. The highest BCUT2D eigenvalue weighted by molar-refractivity contribution is 6.01. The van der Waals surface area contributed by atoms with Gasteiger partial charge in [0.1, 0.15) is 0 Å². The van der Waals surface area contributed by atoms with E-state index in [1.807, 2.05) is 50.6 Å². The summed E-state index contributed by atoms with van der Waals surface area (Å²) in [7, 11) is 1.89. The van der Waals surface area contributed by atoms with E-state index in [2.05, 4.69) is 26.8 Å². The predicted octanol–water partition coefficient (Wildman–Crippen LogP) is 5.21. The number of hydrogen-bond acceptors (Lipinski definition) is 3. The highest BCUT2D eigenvalue weighted by Gasteiger charge is 2.33. The summed E-state index contributed by atoms with van der Waals surface area (Å²) in [5.41, 5.74) is 5.10. The minimum absolute atomic E-state index is 0.0792. The predicted molar refractivity (Wildman–Crippen MR) is 125 cm³/mol. The van der Waals surface area contributed by atoms with Crippen LogP contribution in [-0.2, 0) is 13.5 Å². The Bertz CT molecular complexity index is 1160. The van der Waals surface area contributed by atoms with Crippen LogP contribution in [0.15, 0.2) is 48.9 Å². The number of hydrogen-bond donors (Lipinski definition) is 0. The second kappa shape index (κ2) is 9.35. The van der Waals surface area contributed by atoms with Gasteiger partial charge < -0.3 is 4.90 Å². The van der Waals surface area contributed by atoms with Gasteiger partial charge in [-0.05, 0) is 50.2 Å². The Balaban J connectivity index is 1.63. The van der Waals surface area contributed by atoms with Gasteiger partial charge in [-0.25, -0.2) is 4.85 Å². The van der Waals surface area contributed by atoms with Gasteiger partial charge in [0.15, 0.2) is 0 Å². The molecule has 1 fully saturated rings. The summed E-state index contributed by atoms with van der Waals surface area (Å²) in [5.74, 6) is 0.481. The molecule has 1 aliphatic heterocycles. The Morgan fingerprint density at radius 3 is 2.91 bits per heavy atom. The van der Waals surface area contributed by atoms with Gasteiger partial charge in [-0.3, -0.25) is 14.5 Å². The third-order valence-corrected chi connectivity index (χ3v) is 6.46. The van der Waals surface area contributed by atoms with Gasteiger partial charge in [-0.1, -0.05) is 36.8 Å². The molecular formula is C26H29N5O. The van der Waals surface area contributed by atoms with Gasteiger partial charge in [-0.2, -0.15) is 5.10 Å². The van der Waals surface area contributed by atoms with Gasteiger partial charge in [0.2, 0.25) is 5.69 Å². The second-order valence-corrected chi connectivity index (χ2v) is 8.76. The van der Waals surface area contributed by atoms with Crippen LogP contribution in [0.5, 0.6) is 0 Å². The van der Waals surface area contributed by atoms with Gasteiger partial charge in [0.05, 0.1) is 12.8 Å². The SMILES string of the molecule is [C-]#[N+]c1cccnc1CC[C@@H]1[C@H](C)CCCN1C(=O)c1cc(C)ccc1-c1cnn(C)c1. The number of pyridine rings is 1. The summed E-state index contributed by atoms with van der Waals surface area (Å²) >= 11 is 0. The van der Waals surface area contributed by atoms with Crippen molar-refractivity contribution in [3.8, 4) is 11.1 Å². The number of aromatic nitrogens is 3. The van der Waals surface area contributed by atoms with E-state index < -0.39 is 0 Å². The minimum atomic E-state index is 0.0792. The van der Waals surface area contributed by atoms with Crippen molar-refractivity contribution in [2.24, 2.45) is 13.0 Å². The first-order valence-electron chi connectivity index (χ1n) is 11.2. The maximum Gasteiger partial charge on any atom is 0.254 e. The van der Waals surface area contributed by atoms with Gasteiger partial charge in [-0.15, -0.1) is 0 Å². The fraction of sp³-hybridized carbons (Fsp3) is 0.385. The molecule has 0 radical (unpaired) electrons. The molecule has 3 aromatic rings. The molecular weight excluding hydrogens is 398 g/mol. The molecule has 32 heavy (non-hydrogen) atoms. The largest absolute Gasteiger partial charge is 0.335 e. The van der Waals surface area contributed by atoms with Crippen molar-refractivity contribution >= 4 is 11.6 Å². The molecule has 6 heteroatoms. The maximum absolute atomic E-state index is 13.9. The third kappa shape index (κ3) is 4.43. The number of piperidine rings is 1. The molecule has 1 amide bonds. The zero-order valence-electron chi connectivity index (χ0n) is 19.0. The molecule has 1 saturated heterocycles. The number of carbonyl (C=O) groups is 1. The molecule has 2 atom stereocenters. The molecule has 3 heterocycles. The van der Waals surface area contributed by atoms with Crippen LogP contribution in [0.25, 0.3) is 16.0 Å². The number of benzene rings is 1. The number of aryl methyl sites for hydroxylation is 3. The fourth-order valence-corrected chi connectivity index (χ4v) is 4.75. The summed E-state index contributed by atoms with van der Waals surface area (Å²) in [4.78, 5) is 24.0. The molecule has 0 N–H and O–H groups in total. The summed E-state index contributed by atoms with van der Waals surface area (Å²) in [6, 6.07) is 9.80. The van der Waals surface area contributed by atoms with Crippen molar-refractivity contribution in [2.45, 2.75) is 45.6 Å². The van der Waals surface area contributed by atoms with E-state index in [-0.39, 0.29) is 11.9 Å². The lowest BCUT2D eigenvalue weighted by Crippen LogP contribution is -2.48. The van der Waals surface area contributed by atoms with Crippen molar-refractivity contribution in [1.82, 2.24) is 19.7 Å². The van der Waals surface area contributed by atoms with Crippen LogP contribution < -0.4 is 0 Å². The van der Waals surface area contributed by atoms with E-state index in [0.717, 1.165) is 53.8 Å². The van der Waals surface area contributed by atoms with E-state index >= 15 is 0 Å². The number of rotatable bonds is 5. The molecule has 6 nitrogen and oxygen atoms in total. The normalized spacial score (nSPS) is 18.4. The molecule has 0 spiro atoms. The number of nitrogens with zero attached hydrogens (tertiary/aromatic N) is 5. The van der Waals surface area contributed by atoms with Crippen LogP contribution in [0.4, 0.5) is 5.69 Å². The lowest BCUT2D eigenvalue weighted by molar-refractivity contribution is 0.0500. The second-order valence-electron chi connectivity index (χ2n) is 8.76. The Hall–Kier alpha value is -3.46. The smallest absolute Gasteiger partial charge is 0.254 e. The van der Waals surface area contributed by atoms with E-state index in [9.17, 15) is 4.79 Å². The zero-order chi connectivity index (χ0) is 22.7. The summed E-state index contributed by atoms with van der Waals surface area (Å²) < 4.78 is 1.76. The topological polar surface area (TPSA) is 55.4 Å². The molecule has 4 rings (SSSR count). The molecule has 2 aromatic heterocycles. The third-order valence-electron chi connectivity index (χ3n) is 6.46. The van der Waals surface area contributed by atoms with Crippen molar-refractivity contribution < 1.29 is 4.79 Å². The van der Waals surface area contributed by atoms with E-state index in [1.54, 1.807) is 16.9 Å². The first-order chi connectivity index (χ1) is 15.5. The standard InChI is InChI=1S/C26H29N5O/c1-18-9-10-21(20-16-29-30(4)17-20)22(15-18)26(32)31-14-6-7-19(2)25(31)12-11-24-23(27-3)8-5-13-28-24/h5,8-10,13,15-17,19,25H,6-7,11-12,14H2,1-2,4H3/t19-,25-/m1/s1. The molecule has 164 valence electrons. The van der Waals surface area contributed by atoms with Crippen molar-refractivity contribution in [2.75, 3.05) is 6.54 Å². The Kier molecular flexibility index (Phi) is 6.36. The van der Waals surface area contributed by atoms with Gasteiger partial charge in [0.25, 0.3) is 5.91 Å². The van der Waals surface area contributed by atoms with E-state index in [0.29, 0.717) is 18.0 Å². The van der Waals surface area contributed by atoms with E-state index in [4.69, 9.17) is 6.57 Å². The van der Waals surface area contributed by atoms with Crippen molar-refractivity contribution in [3.63, 3.8) is 0 Å². The Morgan fingerprint density at radius 2 is 2.16 bits per heavy atom. The first kappa shape index (κ1) is 21.8. The van der Waals surface area contributed by atoms with Crippen LogP contribution >= 0.6 is 0 Å². The highest BCUT2D eigenvalue weighted by Crippen LogP contribution is 2.32. The maximum atomic E-state index is 13.9. The number of carbonyl (C=O) groups excluding carboxylic acids is 1. The van der Waals surface area contributed by atoms with Crippen LogP contribution in [-0.4, -0.2) is 38.2 Å². The average molecular weight is 428 g/mol. The highest BCUT2D eigenvalue weighted by atomic mass is 16.2. The Labute approximate surface area is 189 Å². The summed E-state index contributed by atoms with van der Waals surface area (Å²) in [6.45, 7) is 12.4. The van der Waals surface area contributed by atoms with E-state index in [1.165, 1.54) is 0 Å². The lowest BCUT2D eigenvalue weighted by Gasteiger charge is -2.40. The Morgan fingerprint density at radius 1 is 1.31 bits per heavy atom. The fourth-order valence-electron chi connectivity index (χ4n) is 4.75. The zero-order valence-corrected chi connectivity index (χ0v) is 19.0. The van der Waals surface area contributed by atoms with Crippen LogP contribution in [0.1, 0.15) is 47.8 Å². The van der Waals surface area contributed by atoms with Crippen molar-refractivity contribution in [1.29, 1.82) is 0 Å². The van der Waals surface area contributed by atoms with Crippen LogP contribution in [0, 0.1) is 19.4 Å². The number of amides is 1. The lowest BCUT2D eigenvalue weighted by atomic mass is 9.86. The van der Waals surface area contributed by atoms with Crippen molar-refractivity contribution in [3.05, 3.63) is 77.2 Å². The first-order valence-corrected chi connectivity index (χ1v) is 11.2.